The molecule has 1 aliphatic rings. The summed E-state index contributed by atoms with van der Waals surface area (Å²) < 4.78 is 6.04. The van der Waals surface area contributed by atoms with Gasteiger partial charge >= 0.3 is 0 Å². The molecule has 0 aliphatic carbocycles. The molecule has 2 N–H and O–H groups in total. The number of nitrogens with one attached hydrogen (secondary N) is 1. The van der Waals surface area contributed by atoms with Gasteiger partial charge in [-0.25, -0.2) is 0 Å². The average Bonchev–Trinajstić information content (AvgIpc) is 3.35. The average molecular weight is 425 g/mol. The number of hydrogen-bond acceptors (Lipinski definition) is 4. The van der Waals surface area contributed by atoms with Gasteiger partial charge in [0.2, 0.25) is 0 Å². The zero-order valence-corrected chi connectivity index (χ0v) is 17.7. The van der Waals surface area contributed by atoms with Crippen LogP contribution in [0.25, 0.3) is 11.3 Å². The molecule has 0 spiro atoms. The lowest BCUT2D eigenvalue weighted by Crippen LogP contribution is -2.30. The molecule has 6 heteroatoms. The van der Waals surface area contributed by atoms with E-state index in [1.54, 1.807) is 12.1 Å². The Morgan fingerprint density at radius 1 is 1.00 bits per heavy atom. The van der Waals surface area contributed by atoms with E-state index >= 15 is 0 Å². The summed E-state index contributed by atoms with van der Waals surface area (Å²) in [5.41, 5.74) is 3.36. The number of aromatic nitrogens is 2. The number of hydrogen-bond donors (Lipinski definition) is 2. The largest absolute Gasteiger partial charge is 0.507 e. The number of phenolic OH excluding ortho intramolecular Hbond substituents is 1. The predicted molar refractivity (Wildman–Crippen MR) is 122 cm³/mol. The van der Waals surface area contributed by atoms with E-state index in [2.05, 4.69) is 10.2 Å². The van der Waals surface area contributed by atoms with Gasteiger partial charge in [-0.2, -0.15) is 5.10 Å². The Balaban J connectivity index is 1.61. The summed E-state index contributed by atoms with van der Waals surface area (Å²) in [5.74, 6) is 1.48. The number of phenols is 1. The Morgan fingerprint density at radius 2 is 1.75 bits per heavy atom. The van der Waals surface area contributed by atoms with Gasteiger partial charge in [-0.05, 0) is 48.4 Å². The molecule has 0 bridgehead atoms. The summed E-state index contributed by atoms with van der Waals surface area (Å²) in [5, 5.41) is 17.8. The lowest BCUT2D eigenvalue weighted by molar-refractivity contribution is 0.0744. The quantitative estimate of drug-likeness (QED) is 0.426. The molecule has 5 rings (SSSR count). The number of aromatic hydroxyl groups is 1. The van der Waals surface area contributed by atoms with Crippen LogP contribution in [0.15, 0.2) is 78.9 Å². The van der Waals surface area contributed by atoms with Gasteiger partial charge in [-0.15, -0.1) is 0 Å². The fraction of sp³-hybridized carbons (Fsp3) is 0.154. The number of benzene rings is 3. The van der Waals surface area contributed by atoms with E-state index in [0.29, 0.717) is 29.2 Å². The van der Waals surface area contributed by atoms with Crippen LogP contribution in [0.5, 0.6) is 17.2 Å². The van der Waals surface area contributed by atoms with Crippen LogP contribution >= 0.6 is 0 Å². The summed E-state index contributed by atoms with van der Waals surface area (Å²) in [7, 11) is 0. The molecular weight excluding hydrogens is 402 g/mol. The summed E-state index contributed by atoms with van der Waals surface area (Å²) in [4.78, 5) is 15.1. The second-order valence-corrected chi connectivity index (χ2v) is 7.77. The topological polar surface area (TPSA) is 78.5 Å². The summed E-state index contributed by atoms with van der Waals surface area (Å²) in [6, 6.07) is 24.1. The molecule has 6 nitrogen and oxygen atoms in total. The maximum absolute atomic E-state index is 13.2. The van der Waals surface area contributed by atoms with Crippen molar-refractivity contribution in [3.05, 3.63) is 95.7 Å². The molecule has 0 unspecified atom stereocenters. The molecule has 160 valence electrons. The number of para-hydroxylation sites is 2. The number of fused-ring (bicyclic) bond motifs is 1. The second kappa shape index (κ2) is 8.23. The number of carbonyl (C=O) groups excluding carboxylic acids is 1. The molecule has 1 aliphatic heterocycles. The lowest BCUT2D eigenvalue weighted by Gasteiger charge is -2.26. The van der Waals surface area contributed by atoms with Gasteiger partial charge in [-0.1, -0.05) is 49.4 Å². The first kappa shape index (κ1) is 19.9. The number of amides is 1. The van der Waals surface area contributed by atoms with Crippen LogP contribution in [0, 0.1) is 0 Å². The fourth-order valence-electron chi connectivity index (χ4n) is 4.27. The highest BCUT2D eigenvalue weighted by atomic mass is 16.5. The van der Waals surface area contributed by atoms with E-state index in [0.717, 1.165) is 23.3 Å². The van der Waals surface area contributed by atoms with Crippen LogP contribution < -0.4 is 4.74 Å². The Labute approximate surface area is 186 Å². The minimum absolute atomic E-state index is 0.0876. The molecule has 1 atom stereocenters. The molecule has 0 saturated heterocycles. The molecule has 4 aromatic rings. The van der Waals surface area contributed by atoms with Crippen LogP contribution in [0.4, 0.5) is 0 Å². The molecule has 32 heavy (non-hydrogen) atoms. The number of ether oxygens (including phenoxy) is 1. The standard InChI is InChI=1S/C26H23N3O3/c1-2-15-29-25(17-9-8-12-19(16-17)32-18-10-4-3-5-11-18)22-23(27-28-24(22)26(29)31)20-13-6-7-14-21(20)30/h3-14,16,25,30H,2,15H2,1H3,(H,27,28)/t25-/m0/s1. The molecule has 3 aromatic carbocycles. The maximum atomic E-state index is 13.2. The van der Waals surface area contributed by atoms with Crippen molar-refractivity contribution in [2.45, 2.75) is 19.4 Å². The summed E-state index contributed by atoms with van der Waals surface area (Å²) >= 11 is 0. The molecule has 1 amide bonds. The SMILES string of the molecule is CCCN1C(=O)c2[nH]nc(-c3ccccc3O)c2[C@@H]1c1cccc(Oc2ccccc2)c1. The lowest BCUT2D eigenvalue weighted by atomic mass is 9.95. The minimum Gasteiger partial charge on any atom is -0.507 e. The number of H-pyrrole nitrogens is 1. The van der Waals surface area contributed by atoms with E-state index in [1.165, 1.54) is 0 Å². The Morgan fingerprint density at radius 3 is 2.53 bits per heavy atom. The summed E-state index contributed by atoms with van der Waals surface area (Å²) in [6.45, 7) is 2.66. The Hall–Kier alpha value is -4.06. The van der Waals surface area contributed by atoms with Crippen molar-refractivity contribution >= 4 is 5.91 Å². The maximum Gasteiger partial charge on any atom is 0.273 e. The van der Waals surface area contributed by atoms with Gasteiger partial charge in [-0.3, -0.25) is 9.89 Å². The van der Waals surface area contributed by atoms with Crippen LogP contribution in [0.3, 0.4) is 0 Å². The van der Waals surface area contributed by atoms with Crippen molar-refractivity contribution in [2.75, 3.05) is 6.54 Å². The van der Waals surface area contributed by atoms with E-state index in [9.17, 15) is 9.90 Å². The van der Waals surface area contributed by atoms with Gasteiger partial charge in [0.05, 0.1) is 6.04 Å². The molecule has 0 saturated carbocycles. The number of rotatable bonds is 6. The number of carbonyl (C=O) groups is 1. The highest BCUT2D eigenvalue weighted by Crippen LogP contribution is 2.45. The molecule has 0 radical (unpaired) electrons. The van der Waals surface area contributed by atoms with Crippen LogP contribution in [-0.2, 0) is 0 Å². The number of nitrogens with zero attached hydrogens (tertiary/aromatic N) is 2. The van der Waals surface area contributed by atoms with Crippen molar-refractivity contribution in [1.29, 1.82) is 0 Å². The van der Waals surface area contributed by atoms with E-state index in [4.69, 9.17) is 4.74 Å². The van der Waals surface area contributed by atoms with Gasteiger partial charge in [0, 0.05) is 17.7 Å². The summed E-state index contributed by atoms with van der Waals surface area (Å²) in [6.07, 6.45) is 0.825. The van der Waals surface area contributed by atoms with E-state index in [-0.39, 0.29) is 17.7 Å². The van der Waals surface area contributed by atoms with Gasteiger partial charge in [0.25, 0.3) is 5.91 Å². The van der Waals surface area contributed by atoms with Crippen molar-refractivity contribution < 1.29 is 14.6 Å². The zero-order chi connectivity index (χ0) is 22.1. The van der Waals surface area contributed by atoms with Gasteiger partial charge in [0.1, 0.15) is 28.6 Å². The highest BCUT2D eigenvalue weighted by molar-refractivity contribution is 6.00. The first-order valence-corrected chi connectivity index (χ1v) is 10.7. The van der Waals surface area contributed by atoms with Crippen molar-refractivity contribution in [2.24, 2.45) is 0 Å². The molecule has 2 heterocycles. The van der Waals surface area contributed by atoms with Crippen LogP contribution in [-0.4, -0.2) is 32.7 Å². The van der Waals surface area contributed by atoms with E-state index in [1.807, 2.05) is 78.6 Å². The Bertz CT molecular complexity index is 1270. The molecule has 0 fully saturated rings. The van der Waals surface area contributed by atoms with Crippen LogP contribution in [0.1, 0.15) is 41.0 Å². The second-order valence-electron chi connectivity index (χ2n) is 7.77. The van der Waals surface area contributed by atoms with Gasteiger partial charge in [0.15, 0.2) is 0 Å². The third kappa shape index (κ3) is 3.39. The normalized spacial score (nSPS) is 15.1. The minimum atomic E-state index is -0.329. The fourth-order valence-corrected chi connectivity index (χ4v) is 4.27. The third-order valence-electron chi connectivity index (χ3n) is 5.64. The number of aromatic amines is 1. The highest BCUT2D eigenvalue weighted by Gasteiger charge is 2.42. The first-order chi connectivity index (χ1) is 15.7. The third-order valence-corrected chi connectivity index (χ3v) is 5.64. The van der Waals surface area contributed by atoms with Crippen LogP contribution in [0.2, 0.25) is 0 Å². The predicted octanol–water partition coefficient (Wildman–Crippen LogP) is 5.53. The van der Waals surface area contributed by atoms with Crippen molar-refractivity contribution in [1.82, 2.24) is 15.1 Å². The van der Waals surface area contributed by atoms with Crippen molar-refractivity contribution in [3.63, 3.8) is 0 Å². The monoisotopic (exact) mass is 425 g/mol. The molecule has 1 aromatic heterocycles. The smallest absolute Gasteiger partial charge is 0.273 e. The Kier molecular flexibility index (Phi) is 5.11. The molecular formula is C26H23N3O3. The zero-order valence-electron chi connectivity index (χ0n) is 17.7. The van der Waals surface area contributed by atoms with Crippen molar-refractivity contribution in [3.8, 4) is 28.5 Å². The first-order valence-electron chi connectivity index (χ1n) is 10.7. The van der Waals surface area contributed by atoms with E-state index < -0.39 is 0 Å². The van der Waals surface area contributed by atoms with Gasteiger partial charge < -0.3 is 14.7 Å².